The molecule has 1 aliphatic heterocycles. The summed E-state index contributed by atoms with van der Waals surface area (Å²) in [5.41, 5.74) is 4.00. The fourth-order valence-corrected chi connectivity index (χ4v) is 2.94. The quantitative estimate of drug-likeness (QED) is 0.749. The SMILES string of the molecule is Cc1[nH]ncc1C(C)Nc1ccc(NC(=O)CN2CCOCC2)cc1. The Kier molecular flexibility index (Phi) is 5.67. The molecule has 0 bridgehead atoms. The summed E-state index contributed by atoms with van der Waals surface area (Å²) in [5.74, 6) is 0.00463. The first-order chi connectivity index (χ1) is 12.1. The van der Waals surface area contributed by atoms with E-state index in [-0.39, 0.29) is 11.9 Å². The topological polar surface area (TPSA) is 82.3 Å². The summed E-state index contributed by atoms with van der Waals surface area (Å²) in [6.07, 6.45) is 1.84. The number of carbonyl (C=O) groups is 1. The van der Waals surface area contributed by atoms with Crippen LogP contribution in [0.25, 0.3) is 0 Å². The summed E-state index contributed by atoms with van der Waals surface area (Å²) in [6.45, 7) is 7.51. The Morgan fingerprint density at radius 3 is 2.60 bits per heavy atom. The predicted molar refractivity (Wildman–Crippen MR) is 97.7 cm³/mol. The zero-order valence-corrected chi connectivity index (χ0v) is 14.7. The molecule has 7 nitrogen and oxygen atoms in total. The Balaban J connectivity index is 1.51. The highest BCUT2D eigenvalue weighted by molar-refractivity contribution is 5.92. The number of carbonyl (C=O) groups excluding carboxylic acids is 1. The van der Waals surface area contributed by atoms with Crippen molar-refractivity contribution in [3.8, 4) is 0 Å². The molecular weight excluding hydrogens is 318 g/mol. The van der Waals surface area contributed by atoms with Gasteiger partial charge in [0.25, 0.3) is 0 Å². The van der Waals surface area contributed by atoms with E-state index in [4.69, 9.17) is 4.74 Å². The van der Waals surface area contributed by atoms with E-state index in [0.717, 1.165) is 35.7 Å². The monoisotopic (exact) mass is 343 g/mol. The molecule has 1 aromatic carbocycles. The van der Waals surface area contributed by atoms with Crippen LogP contribution in [0.1, 0.15) is 24.2 Å². The third-order valence-corrected chi connectivity index (χ3v) is 4.36. The average Bonchev–Trinajstić information content (AvgIpc) is 3.03. The van der Waals surface area contributed by atoms with Crippen LogP contribution in [-0.4, -0.2) is 53.9 Å². The van der Waals surface area contributed by atoms with Crippen molar-refractivity contribution >= 4 is 17.3 Å². The largest absolute Gasteiger partial charge is 0.379 e. The molecule has 1 saturated heterocycles. The molecule has 134 valence electrons. The highest BCUT2D eigenvalue weighted by atomic mass is 16.5. The second kappa shape index (κ2) is 8.13. The van der Waals surface area contributed by atoms with Gasteiger partial charge in [0.15, 0.2) is 0 Å². The minimum atomic E-state index is 0.00463. The van der Waals surface area contributed by atoms with Gasteiger partial charge in [-0.05, 0) is 38.1 Å². The van der Waals surface area contributed by atoms with Gasteiger partial charge in [0.1, 0.15) is 0 Å². The molecule has 3 N–H and O–H groups in total. The smallest absolute Gasteiger partial charge is 0.238 e. The number of morpholine rings is 1. The lowest BCUT2D eigenvalue weighted by atomic mass is 10.1. The third kappa shape index (κ3) is 4.80. The number of H-pyrrole nitrogens is 1. The van der Waals surface area contributed by atoms with Crippen molar-refractivity contribution in [3.05, 3.63) is 41.7 Å². The normalized spacial score (nSPS) is 16.4. The summed E-state index contributed by atoms with van der Waals surface area (Å²) < 4.78 is 5.29. The van der Waals surface area contributed by atoms with Crippen LogP contribution in [0, 0.1) is 6.92 Å². The van der Waals surface area contributed by atoms with Crippen LogP contribution in [0.15, 0.2) is 30.5 Å². The van der Waals surface area contributed by atoms with Crippen LogP contribution in [-0.2, 0) is 9.53 Å². The van der Waals surface area contributed by atoms with Crippen LogP contribution in [0.2, 0.25) is 0 Å². The van der Waals surface area contributed by atoms with Gasteiger partial charge in [0.2, 0.25) is 5.91 Å². The van der Waals surface area contributed by atoms with Gasteiger partial charge in [-0.1, -0.05) is 0 Å². The molecule has 1 aliphatic rings. The van der Waals surface area contributed by atoms with Crippen LogP contribution in [0.3, 0.4) is 0 Å². The van der Waals surface area contributed by atoms with Crippen molar-refractivity contribution in [2.75, 3.05) is 43.5 Å². The van der Waals surface area contributed by atoms with E-state index < -0.39 is 0 Å². The van der Waals surface area contributed by atoms with Crippen LogP contribution < -0.4 is 10.6 Å². The summed E-state index contributed by atoms with van der Waals surface area (Å²) in [7, 11) is 0. The summed E-state index contributed by atoms with van der Waals surface area (Å²) in [5, 5.41) is 13.4. The Labute approximate surface area is 147 Å². The maximum atomic E-state index is 12.1. The van der Waals surface area contributed by atoms with Gasteiger partial charge in [0.05, 0.1) is 32.0 Å². The second-order valence-electron chi connectivity index (χ2n) is 6.33. The Hall–Kier alpha value is -2.38. The van der Waals surface area contributed by atoms with Crippen molar-refractivity contribution in [2.45, 2.75) is 19.9 Å². The van der Waals surface area contributed by atoms with Gasteiger partial charge in [-0.2, -0.15) is 5.10 Å². The number of nitrogens with one attached hydrogen (secondary N) is 3. The van der Waals surface area contributed by atoms with E-state index >= 15 is 0 Å². The fraction of sp³-hybridized carbons (Fsp3) is 0.444. The molecule has 1 aromatic heterocycles. The van der Waals surface area contributed by atoms with Gasteiger partial charge in [0, 0.05) is 35.7 Å². The average molecular weight is 343 g/mol. The molecule has 0 saturated carbocycles. The summed E-state index contributed by atoms with van der Waals surface area (Å²) in [6, 6.07) is 7.91. The van der Waals surface area contributed by atoms with E-state index in [1.165, 1.54) is 0 Å². The Morgan fingerprint density at radius 1 is 1.28 bits per heavy atom. The molecule has 7 heteroatoms. The standard InChI is InChI=1S/C18H25N5O2/c1-13(17-11-19-22-14(17)2)20-15-3-5-16(6-4-15)21-18(24)12-23-7-9-25-10-8-23/h3-6,11,13,20H,7-10,12H2,1-2H3,(H,19,22)(H,21,24). The zero-order valence-electron chi connectivity index (χ0n) is 14.7. The van der Waals surface area contributed by atoms with Crippen LogP contribution >= 0.6 is 0 Å². The first-order valence-electron chi connectivity index (χ1n) is 8.58. The molecular formula is C18H25N5O2. The molecule has 0 radical (unpaired) electrons. The molecule has 0 spiro atoms. The lowest BCUT2D eigenvalue weighted by Gasteiger charge is -2.25. The fourth-order valence-electron chi connectivity index (χ4n) is 2.94. The van der Waals surface area contributed by atoms with Gasteiger partial charge < -0.3 is 15.4 Å². The molecule has 1 fully saturated rings. The molecule has 0 aliphatic carbocycles. The summed E-state index contributed by atoms with van der Waals surface area (Å²) in [4.78, 5) is 14.2. The minimum Gasteiger partial charge on any atom is -0.379 e. The molecule has 1 unspecified atom stereocenters. The lowest BCUT2D eigenvalue weighted by molar-refractivity contribution is -0.118. The number of hydrogen-bond acceptors (Lipinski definition) is 5. The van der Waals surface area contributed by atoms with E-state index in [9.17, 15) is 4.79 Å². The minimum absolute atomic E-state index is 0.00463. The van der Waals surface area contributed by atoms with E-state index in [2.05, 4.69) is 32.7 Å². The number of aryl methyl sites for hydroxylation is 1. The molecule has 25 heavy (non-hydrogen) atoms. The van der Waals surface area contributed by atoms with E-state index in [0.29, 0.717) is 19.8 Å². The van der Waals surface area contributed by atoms with Gasteiger partial charge in [-0.25, -0.2) is 0 Å². The van der Waals surface area contributed by atoms with E-state index in [1.807, 2.05) is 37.4 Å². The van der Waals surface area contributed by atoms with Crippen molar-refractivity contribution in [3.63, 3.8) is 0 Å². The van der Waals surface area contributed by atoms with Crippen molar-refractivity contribution < 1.29 is 9.53 Å². The molecule has 1 amide bonds. The van der Waals surface area contributed by atoms with E-state index in [1.54, 1.807) is 0 Å². The highest BCUT2D eigenvalue weighted by Gasteiger charge is 2.14. The maximum Gasteiger partial charge on any atom is 0.238 e. The first-order valence-corrected chi connectivity index (χ1v) is 8.58. The number of nitrogens with zero attached hydrogens (tertiary/aromatic N) is 2. The number of aromatic nitrogens is 2. The summed E-state index contributed by atoms with van der Waals surface area (Å²) >= 11 is 0. The van der Waals surface area contributed by atoms with Gasteiger partial charge in [-0.15, -0.1) is 0 Å². The van der Waals surface area contributed by atoms with Crippen molar-refractivity contribution in [1.82, 2.24) is 15.1 Å². The molecule has 3 rings (SSSR count). The zero-order chi connectivity index (χ0) is 17.6. The number of ether oxygens (including phenoxy) is 1. The number of hydrogen-bond donors (Lipinski definition) is 3. The van der Waals surface area contributed by atoms with Crippen LogP contribution in [0.5, 0.6) is 0 Å². The first kappa shape index (κ1) is 17.4. The third-order valence-electron chi connectivity index (χ3n) is 4.36. The van der Waals surface area contributed by atoms with Crippen molar-refractivity contribution in [2.24, 2.45) is 0 Å². The Morgan fingerprint density at radius 2 is 1.96 bits per heavy atom. The lowest BCUT2D eigenvalue weighted by Crippen LogP contribution is -2.41. The Bertz CT molecular complexity index is 692. The number of anilines is 2. The van der Waals surface area contributed by atoms with Crippen LogP contribution in [0.4, 0.5) is 11.4 Å². The number of aromatic amines is 1. The number of benzene rings is 1. The molecule has 2 heterocycles. The van der Waals surface area contributed by atoms with Gasteiger partial charge >= 0.3 is 0 Å². The highest BCUT2D eigenvalue weighted by Crippen LogP contribution is 2.22. The predicted octanol–water partition coefficient (Wildman–Crippen LogP) is 2.16. The second-order valence-corrected chi connectivity index (χ2v) is 6.33. The van der Waals surface area contributed by atoms with Crippen molar-refractivity contribution in [1.29, 1.82) is 0 Å². The number of amides is 1. The molecule has 1 atom stereocenters. The molecule has 2 aromatic rings. The van der Waals surface area contributed by atoms with Gasteiger partial charge in [-0.3, -0.25) is 14.8 Å². The maximum absolute atomic E-state index is 12.1. The number of rotatable bonds is 6.